The minimum Gasteiger partial charge on any atom is -0.436 e. The second kappa shape index (κ2) is 8.54. The van der Waals surface area contributed by atoms with Gasteiger partial charge in [-0.1, -0.05) is 24.8 Å². The molecular formula is C24H22FN7O2. The largest absolute Gasteiger partial charge is 0.436 e. The first-order valence-corrected chi connectivity index (χ1v) is 10.7. The van der Waals surface area contributed by atoms with Crippen molar-refractivity contribution in [2.24, 2.45) is 0 Å². The molecule has 0 saturated heterocycles. The summed E-state index contributed by atoms with van der Waals surface area (Å²) >= 11 is 0. The Labute approximate surface area is 194 Å². The summed E-state index contributed by atoms with van der Waals surface area (Å²) in [7, 11) is 1.76. The van der Waals surface area contributed by atoms with Gasteiger partial charge in [0.1, 0.15) is 23.6 Å². The Morgan fingerprint density at radius 3 is 2.74 bits per heavy atom. The molecule has 9 nitrogen and oxygen atoms in total. The molecule has 5 rings (SSSR count). The molecule has 3 heterocycles. The smallest absolute Gasteiger partial charge is 0.255 e. The maximum Gasteiger partial charge on any atom is 0.255 e. The summed E-state index contributed by atoms with van der Waals surface area (Å²) < 4.78 is 22.2. The van der Waals surface area contributed by atoms with E-state index in [4.69, 9.17) is 15.6 Å². The summed E-state index contributed by atoms with van der Waals surface area (Å²) in [6, 6.07) is 10.2. The summed E-state index contributed by atoms with van der Waals surface area (Å²) in [5, 5.41) is 5.25. The first-order chi connectivity index (χ1) is 16.5. The van der Waals surface area contributed by atoms with Gasteiger partial charge < -0.3 is 15.4 Å². The molecule has 0 atom stereocenters. The number of pyridine rings is 1. The summed E-state index contributed by atoms with van der Waals surface area (Å²) in [5.41, 5.74) is 7.58. The maximum atomic E-state index is 14.9. The Bertz CT molecular complexity index is 1380. The number of nitrogen functional groups attached to an aromatic ring is 1. The van der Waals surface area contributed by atoms with Crippen molar-refractivity contribution in [3.8, 4) is 22.9 Å². The van der Waals surface area contributed by atoms with Crippen LogP contribution in [0, 0.1) is 5.82 Å². The number of amides is 1. The molecule has 0 aliphatic heterocycles. The van der Waals surface area contributed by atoms with Gasteiger partial charge in [0.05, 0.1) is 11.4 Å². The molecule has 0 spiro atoms. The molecule has 10 heteroatoms. The Hall–Kier alpha value is -4.34. The van der Waals surface area contributed by atoms with E-state index in [2.05, 4.69) is 21.5 Å². The fourth-order valence-corrected chi connectivity index (χ4v) is 4.08. The van der Waals surface area contributed by atoms with Crippen molar-refractivity contribution in [1.82, 2.24) is 29.6 Å². The highest BCUT2D eigenvalue weighted by Crippen LogP contribution is 2.40. The third-order valence-corrected chi connectivity index (χ3v) is 6.06. The van der Waals surface area contributed by atoms with Gasteiger partial charge in [-0.05, 0) is 37.1 Å². The number of halogens is 1. The van der Waals surface area contributed by atoms with Crippen LogP contribution in [0.25, 0.3) is 22.3 Å². The Balaban J connectivity index is 1.47. The monoisotopic (exact) mass is 459 g/mol. The molecule has 1 amide bonds. The predicted octanol–water partition coefficient (Wildman–Crippen LogP) is 3.75. The molecule has 3 aromatic heterocycles. The zero-order valence-corrected chi connectivity index (χ0v) is 18.4. The molecule has 4 aromatic rings. The number of hydrogen-bond donors (Lipinski definition) is 1. The average Bonchev–Trinajstić information content (AvgIpc) is 3.20. The number of hydrogen-bond acceptors (Lipinski definition) is 7. The fraction of sp³-hybridized carbons (Fsp3) is 0.208. The minimum absolute atomic E-state index is 0.00843. The number of para-hydroxylation sites is 1. The van der Waals surface area contributed by atoms with E-state index in [1.54, 1.807) is 40.9 Å². The summed E-state index contributed by atoms with van der Waals surface area (Å²) in [6.07, 6.45) is 5.56. The Morgan fingerprint density at radius 1 is 1.26 bits per heavy atom. The van der Waals surface area contributed by atoms with E-state index in [0.29, 0.717) is 40.9 Å². The SMILES string of the molecule is C=CC(=O)N(C)[C@H]1C[C@@H](n2nc(-c3cnc(Oc4ccccc4)c(F)c3)c3c(N)ncnc32)C1. The third-order valence-electron chi connectivity index (χ3n) is 6.06. The number of rotatable bonds is 6. The number of nitrogens with two attached hydrogens (primary N) is 1. The molecule has 34 heavy (non-hydrogen) atoms. The van der Waals surface area contributed by atoms with E-state index in [1.165, 1.54) is 24.7 Å². The molecule has 1 fully saturated rings. The van der Waals surface area contributed by atoms with Crippen LogP contribution in [0.2, 0.25) is 0 Å². The number of fused-ring (bicyclic) bond motifs is 1. The molecule has 1 aliphatic carbocycles. The van der Waals surface area contributed by atoms with Crippen LogP contribution in [0.5, 0.6) is 11.6 Å². The highest BCUT2D eigenvalue weighted by atomic mass is 19.1. The van der Waals surface area contributed by atoms with Crippen molar-refractivity contribution < 1.29 is 13.9 Å². The molecule has 0 radical (unpaired) electrons. The van der Waals surface area contributed by atoms with Crippen LogP contribution < -0.4 is 10.5 Å². The number of ether oxygens (including phenoxy) is 1. The lowest BCUT2D eigenvalue weighted by Crippen LogP contribution is -2.45. The maximum absolute atomic E-state index is 14.9. The van der Waals surface area contributed by atoms with Gasteiger partial charge in [-0.2, -0.15) is 5.10 Å². The minimum atomic E-state index is -0.632. The predicted molar refractivity (Wildman–Crippen MR) is 124 cm³/mol. The number of carbonyl (C=O) groups excluding carboxylic acids is 1. The molecule has 1 aromatic carbocycles. The van der Waals surface area contributed by atoms with Gasteiger partial charge >= 0.3 is 0 Å². The first kappa shape index (κ1) is 21.5. The molecular weight excluding hydrogens is 437 g/mol. The molecule has 172 valence electrons. The first-order valence-electron chi connectivity index (χ1n) is 10.7. The van der Waals surface area contributed by atoms with Crippen molar-refractivity contribution in [3.05, 3.63) is 67.4 Å². The van der Waals surface area contributed by atoms with Crippen molar-refractivity contribution in [2.75, 3.05) is 12.8 Å². The normalized spacial score (nSPS) is 17.2. The average molecular weight is 459 g/mol. The van der Waals surface area contributed by atoms with Crippen LogP contribution in [0.1, 0.15) is 18.9 Å². The number of carbonyl (C=O) groups is 1. The summed E-state index contributed by atoms with van der Waals surface area (Å²) in [6.45, 7) is 3.54. The van der Waals surface area contributed by atoms with Crippen LogP contribution in [0.15, 0.2) is 61.6 Å². The van der Waals surface area contributed by atoms with E-state index in [-0.39, 0.29) is 29.7 Å². The van der Waals surface area contributed by atoms with Crippen LogP contribution >= 0.6 is 0 Å². The zero-order chi connectivity index (χ0) is 23.8. The lowest BCUT2D eigenvalue weighted by Gasteiger charge is -2.40. The number of likely N-dealkylation sites (N-methyl/N-ethyl adjacent to an activating group) is 1. The topological polar surface area (TPSA) is 112 Å². The number of anilines is 1. The van der Waals surface area contributed by atoms with Gasteiger partial charge in [0.2, 0.25) is 5.91 Å². The van der Waals surface area contributed by atoms with Crippen molar-refractivity contribution in [1.29, 1.82) is 0 Å². The Kier molecular flexibility index (Phi) is 5.40. The fourth-order valence-electron chi connectivity index (χ4n) is 4.08. The molecule has 2 N–H and O–H groups in total. The highest BCUT2D eigenvalue weighted by molar-refractivity contribution is 5.98. The third kappa shape index (κ3) is 3.72. The highest BCUT2D eigenvalue weighted by Gasteiger charge is 2.37. The number of aromatic nitrogens is 5. The molecule has 0 unspecified atom stereocenters. The lowest BCUT2D eigenvalue weighted by atomic mass is 9.85. The standard InChI is InChI=1S/C24H22FN7O2/c1-3-19(33)31(2)15-10-16(11-15)32-23-20(22(26)28-13-29-23)21(30-32)14-9-18(25)24(27-12-14)34-17-7-5-4-6-8-17/h3-9,12-13,15-16H,1,10-11H2,2H3,(H2,26,28,29)/t15-,16+. The Morgan fingerprint density at radius 2 is 2.03 bits per heavy atom. The van der Waals surface area contributed by atoms with E-state index >= 15 is 0 Å². The second-order valence-corrected chi connectivity index (χ2v) is 8.11. The van der Waals surface area contributed by atoms with Gasteiger partial charge in [0.25, 0.3) is 5.88 Å². The molecule has 1 saturated carbocycles. The van der Waals surface area contributed by atoms with Gasteiger partial charge in [-0.3, -0.25) is 4.79 Å². The molecule has 0 bridgehead atoms. The van der Waals surface area contributed by atoms with Crippen LogP contribution in [0.3, 0.4) is 0 Å². The van der Waals surface area contributed by atoms with E-state index in [9.17, 15) is 9.18 Å². The van der Waals surface area contributed by atoms with E-state index in [1.807, 2.05) is 6.07 Å². The van der Waals surface area contributed by atoms with Crippen molar-refractivity contribution >= 4 is 22.8 Å². The molecule has 1 aliphatic rings. The van der Waals surface area contributed by atoms with Crippen molar-refractivity contribution in [3.63, 3.8) is 0 Å². The van der Waals surface area contributed by atoms with Gasteiger partial charge in [0, 0.05) is 24.8 Å². The van der Waals surface area contributed by atoms with Gasteiger partial charge in [-0.25, -0.2) is 24.0 Å². The quantitative estimate of drug-likeness (QED) is 0.437. The van der Waals surface area contributed by atoms with Crippen LogP contribution in [-0.2, 0) is 4.79 Å². The van der Waals surface area contributed by atoms with E-state index in [0.717, 1.165) is 0 Å². The summed E-state index contributed by atoms with van der Waals surface area (Å²) in [4.78, 5) is 26.2. The zero-order valence-electron chi connectivity index (χ0n) is 18.4. The van der Waals surface area contributed by atoms with Crippen molar-refractivity contribution in [2.45, 2.75) is 24.9 Å². The summed E-state index contributed by atoms with van der Waals surface area (Å²) in [5.74, 6) is -0.174. The second-order valence-electron chi connectivity index (χ2n) is 8.11. The number of benzene rings is 1. The number of nitrogens with zero attached hydrogens (tertiary/aromatic N) is 6. The van der Waals surface area contributed by atoms with E-state index < -0.39 is 5.82 Å². The van der Waals surface area contributed by atoms with Gasteiger partial charge in [0.15, 0.2) is 11.5 Å². The van der Waals surface area contributed by atoms with Crippen LogP contribution in [0.4, 0.5) is 10.2 Å². The van der Waals surface area contributed by atoms with Crippen LogP contribution in [-0.4, -0.2) is 48.6 Å². The van der Waals surface area contributed by atoms with Gasteiger partial charge in [-0.15, -0.1) is 0 Å². The lowest BCUT2D eigenvalue weighted by molar-refractivity contribution is -0.129.